The number of hydrogen-bond donors (Lipinski definition) is 1. The minimum atomic E-state index is -0.564. The second-order valence-corrected chi connectivity index (χ2v) is 8.18. The van der Waals surface area contributed by atoms with Gasteiger partial charge >= 0.3 is 0 Å². The number of amides is 2. The van der Waals surface area contributed by atoms with E-state index < -0.39 is 5.41 Å². The van der Waals surface area contributed by atoms with Crippen LogP contribution in [0.1, 0.15) is 46.8 Å². The number of aryl methyl sites for hydroxylation is 1. The molecule has 0 spiro atoms. The summed E-state index contributed by atoms with van der Waals surface area (Å²) in [5.41, 5.74) is 3.96. The second-order valence-electron chi connectivity index (χ2n) is 8.18. The van der Waals surface area contributed by atoms with Crippen LogP contribution < -0.4 is 5.32 Å². The summed E-state index contributed by atoms with van der Waals surface area (Å²) in [6.45, 7) is 6.27. The molecule has 2 aromatic carbocycles. The van der Waals surface area contributed by atoms with E-state index in [0.717, 1.165) is 30.4 Å². The van der Waals surface area contributed by atoms with Gasteiger partial charge in [-0.1, -0.05) is 30.3 Å². The molecule has 0 saturated carbocycles. The number of carbonyl (C=O) groups is 2. The predicted octanol–water partition coefficient (Wildman–Crippen LogP) is 3.70. The second kappa shape index (κ2) is 7.99. The van der Waals surface area contributed by atoms with Crippen molar-refractivity contribution >= 4 is 17.5 Å². The minimum Gasteiger partial charge on any atom is -0.378 e. The fourth-order valence-corrected chi connectivity index (χ4v) is 4.48. The molecule has 0 unspecified atom stereocenters. The van der Waals surface area contributed by atoms with Crippen molar-refractivity contribution in [2.75, 3.05) is 31.6 Å². The number of nitrogens with zero attached hydrogens (tertiary/aromatic N) is 1. The van der Waals surface area contributed by atoms with Gasteiger partial charge in [0.2, 0.25) is 5.91 Å². The molecule has 29 heavy (non-hydrogen) atoms. The van der Waals surface area contributed by atoms with Gasteiger partial charge in [0, 0.05) is 24.3 Å². The van der Waals surface area contributed by atoms with Crippen molar-refractivity contribution in [2.24, 2.45) is 0 Å². The van der Waals surface area contributed by atoms with E-state index in [1.54, 1.807) is 0 Å². The predicted molar refractivity (Wildman–Crippen MR) is 113 cm³/mol. The van der Waals surface area contributed by atoms with Gasteiger partial charge in [-0.2, -0.15) is 0 Å². The number of hydrogen-bond acceptors (Lipinski definition) is 3. The van der Waals surface area contributed by atoms with Gasteiger partial charge in [0.05, 0.1) is 18.6 Å². The highest BCUT2D eigenvalue weighted by Gasteiger charge is 2.39. The van der Waals surface area contributed by atoms with Crippen molar-refractivity contribution in [3.05, 3.63) is 64.7 Å². The number of nitrogens with one attached hydrogen (secondary N) is 1. The topological polar surface area (TPSA) is 58.6 Å². The van der Waals surface area contributed by atoms with E-state index in [0.29, 0.717) is 37.6 Å². The molecule has 2 aromatic rings. The number of ether oxygens (including phenoxy) is 1. The van der Waals surface area contributed by atoms with Crippen LogP contribution in [0.3, 0.4) is 0 Å². The Morgan fingerprint density at radius 3 is 2.62 bits per heavy atom. The van der Waals surface area contributed by atoms with Gasteiger partial charge in [-0.25, -0.2) is 0 Å². The highest BCUT2D eigenvalue weighted by molar-refractivity contribution is 6.02. The molecular formula is C24H28N2O3. The Labute approximate surface area is 172 Å². The molecule has 1 atom stereocenters. The van der Waals surface area contributed by atoms with Crippen LogP contribution in [0.25, 0.3) is 0 Å². The standard InChI is InChI=1S/C24H28N2O3/c1-17-19(22(27)26-13-15-29-16-14-26)9-5-11-21(17)25-23(28)24(2)12-6-8-18-7-3-4-10-20(18)24/h3-5,7,9-11H,6,8,12-16H2,1-2H3,(H,25,28)/t24-/m0/s1. The maximum atomic E-state index is 13.4. The Morgan fingerprint density at radius 1 is 1.07 bits per heavy atom. The zero-order valence-corrected chi connectivity index (χ0v) is 17.2. The average Bonchev–Trinajstić information content (AvgIpc) is 2.75. The lowest BCUT2D eigenvalue weighted by molar-refractivity contribution is -0.121. The van der Waals surface area contributed by atoms with Crippen LogP contribution in [-0.4, -0.2) is 43.0 Å². The molecule has 0 radical (unpaired) electrons. The van der Waals surface area contributed by atoms with Crippen LogP contribution in [-0.2, 0) is 21.4 Å². The quantitative estimate of drug-likeness (QED) is 0.867. The van der Waals surface area contributed by atoms with Gasteiger partial charge in [0.25, 0.3) is 5.91 Å². The molecule has 1 aliphatic carbocycles. The molecule has 5 heteroatoms. The third-order valence-corrected chi connectivity index (χ3v) is 6.35. The smallest absolute Gasteiger partial charge is 0.254 e. The largest absolute Gasteiger partial charge is 0.378 e. The van der Waals surface area contributed by atoms with E-state index in [1.807, 2.05) is 49.1 Å². The molecule has 1 N–H and O–H groups in total. The highest BCUT2D eigenvalue weighted by Crippen LogP contribution is 2.38. The van der Waals surface area contributed by atoms with Crippen molar-refractivity contribution in [1.29, 1.82) is 0 Å². The fraction of sp³-hybridized carbons (Fsp3) is 0.417. The monoisotopic (exact) mass is 392 g/mol. The number of fused-ring (bicyclic) bond motifs is 1. The van der Waals surface area contributed by atoms with Gasteiger partial charge in [0.1, 0.15) is 0 Å². The molecule has 2 aliphatic rings. The number of anilines is 1. The first-order chi connectivity index (χ1) is 14.0. The Bertz CT molecular complexity index is 933. The van der Waals surface area contributed by atoms with E-state index in [-0.39, 0.29) is 11.8 Å². The Balaban J connectivity index is 1.59. The number of morpholine rings is 1. The van der Waals surface area contributed by atoms with Crippen molar-refractivity contribution < 1.29 is 14.3 Å². The third kappa shape index (κ3) is 3.67. The van der Waals surface area contributed by atoms with E-state index in [2.05, 4.69) is 17.4 Å². The number of benzene rings is 2. The van der Waals surface area contributed by atoms with Gasteiger partial charge in [-0.15, -0.1) is 0 Å². The fourth-order valence-electron chi connectivity index (χ4n) is 4.48. The molecule has 1 fully saturated rings. The van der Waals surface area contributed by atoms with Crippen LogP contribution in [0.15, 0.2) is 42.5 Å². The average molecular weight is 392 g/mol. The van der Waals surface area contributed by atoms with Gasteiger partial charge in [-0.3, -0.25) is 9.59 Å². The molecule has 0 bridgehead atoms. The summed E-state index contributed by atoms with van der Waals surface area (Å²) in [5.74, 6) is -0.0140. The first-order valence-electron chi connectivity index (χ1n) is 10.4. The van der Waals surface area contributed by atoms with E-state index in [9.17, 15) is 9.59 Å². The molecule has 1 saturated heterocycles. The van der Waals surface area contributed by atoms with Gasteiger partial charge < -0.3 is 15.0 Å². The molecule has 5 nitrogen and oxygen atoms in total. The lowest BCUT2D eigenvalue weighted by atomic mass is 9.70. The molecule has 0 aromatic heterocycles. The van der Waals surface area contributed by atoms with E-state index >= 15 is 0 Å². The minimum absolute atomic E-state index is 0.00359. The summed E-state index contributed by atoms with van der Waals surface area (Å²) < 4.78 is 5.35. The van der Waals surface area contributed by atoms with Crippen molar-refractivity contribution in [3.8, 4) is 0 Å². The van der Waals surface area contributed by atoms with Gasteiger partial charge in [0.15, 0.2) is 0 Å². The highest BCUT2D eigenvalue weighted by atomic mass is 16.5. The molecule has 152 valence electrons. The lowest BCUT2D eigenvalue weighted by Crippen LogP contribution is -2.41. The first kappa shape index (κ1) is 19.6. The van der Waals surface area contributed by atoms with E-state index in [1.165, 1.54) is 5.56 Å². The molecule has 1 aliphatic heterocycles. The van der Waals surface area contributed by atoms with Crippen LogP contribution in [0, 0.1) is 6.92 Å². The zero-order valence-electron chi connectivity index (χ0n) is 17.2. The molecular weight excluding hydrogens is 364 g/mol. The summed E-state index contributed by atoms with van der Waals surface area (Å²) in [6.07, 6.45) is 2.83. The third-order valence-electron chi connectivity index (χ3n) is 6.35. The number of carbonyl (C=O) groups excluding carboxylic acids is 2. The molecule has 1 heterocycles. The number of rotatable bonds is 3. The Morgan fingerprint density at radius 2 is 1.83 bits per heavy atom. The van der Waals surface area contributed by atoms with Crippen molar-refractivity contribution in [2.45, 2.75) is 38.5 Å². The summed E-state index contributed by atoms with van der Waals surface area (Å²) in [6, 6.07) is 13.8. The van der Waals surface area contributed by atoms with Crippen LogP contribution in [0.5, 0.6) is 0 Å². The lowest BCUT2D eigenvalue weighted by Gasteiger charge is -2.35. The van der Waals surface area contributed by atoms with Crippen LogP contribution in [0.4, 0.5) is 5.69 Å². The zero-order chi connectivity index (χ0) is 20.4. The summed E-state index contributed by atoms with van der Waals surface area (Å²) >= 11 is 0. The maximum Gasteiger partial charge on any atom is 0.254 e. The maximum absolute atomic E-state index is 13.4. The van der Waals surface area contributed by atoms with Crippen LogP contribution in [0.2, 0.25) is 0 Å². The SMILES string of the molecule is Cc1c(NC(=O)[C@@]2(C)CCCc3ccccc32)cccc1C(=O)N1CCOCC1. The van der Waals surface area contributed by atoms with Gasteiger partial charge in [-0.05, 0) is 61.9 Å². The summed E-state index contributed by atoms with van der Waals surface area (Å²) in [7, 11) is 0. The van der Waals surface area contributed by atoms with Crippen molar-refractivity contribution in [1.82, 2.24) is 4.90 Å². The first-order valence-corrected chi connectivity index (χ1v) is 10.4. The Kier molecular flexibility index (Phi) is 5.41. The van der Waals surface area contributed by atoms with Crippen molar-refractivity contribution in [3.63, 3.8) is 0 Å². The Hall–Kier alpha value is -2.66. The molecule has 4 rings (SSSR count). The van der Waals surface area contributed by atoms with Crippen LogP contribution >= 0.6 is 0 Å². The summed E-state index contributed by atoms with van der Waals surface area (Å²) in [5, 5.41) is 3.13. The van der Waals surface area contributed by atoms with E-state index in [4.69, 9.17) is 4.74 Å². The molecule has 2 amide bonds. The normalized spacial score (nSPS) is 21.4. The summed E-state index contributed by atoms with van der Waals surface area (Å²) in [4.78, 5) is 28.1.